The van der Waals surface area contributed by atoms with E-state index in [-0.39, 0.29) is 111 Å². The van der Waals surface area contributed by atoms with Crippen LogP contribution in [0.3, 0.4) is 0 Å². The number of carbonyl (C=O) groups is 2. The van der Waals surface area contributed by atoms with Crippen LogP contribution in [0.5, 0.6) is 0 Å². The Morgan fingerprint density at radius 1 is 0.623 bits per heavy atom. The number of hydrogen-bond acceptors (Lipinski definition) is 11. The van der Waals surface area contributed by atoms with Crippen molar-refractivity contribution in [1.29, 1.82) is 0 Å². The molecule has 6 fully saturated rings. The average Bonchev–Trinajstić information content (AvgIpc) is 3.95. The molecule has 440 valence electrons. The molecule has 3 unspecified atom stereocenters. The zero-order valence-electron chi connectivity index (χ0n) is 52.0. The van der Waals surface area contributed by atoms with E-state index < -0.39 is 55.5 Å². The number of ether oxygens (including phenoxy) is 6. The Morgan fingerprint density at radius 3 is 1.82 bits per heavy atom. The molecule has 0 aliphatic carbocycles. The van der Waals surface area contributed by atoms with Crippen LogP contribution in [0, 0.1) is 17.8 Å². The Labute approximate surface area is 471 Å². The van der Waals surface area contributed by atoms with Crippen molar-refractivity contribution in [3.05, 3.63) is 36.5 Å². The fraction of sp³-hybridized carbons (Fsp3) is 0.873. The van der Waals surface area contributed by atoms with Gasteiger partial charge in [-0.05, 0) is 155 Å². The van der Waals surface area contributed by atoms with Crippen LogP contribution in [0.15, 0.2) is 36.5 Å². The van der Waals surface area contributed by atoms with Gasteiger partial charge in [0.15, 0.2) is 25.0 Å². The lowest BCUT2D eigenvalue weighted by Gasteiger charge is -2.56. The number of fused-ring (bicyclic) bond motifs is 2. The second-order valence-electron chi connectivity index (χ2n) is 30.5. The molecule has 77 heavy (non-hydrogen) atoms. The second kappa shape index (κ2) is 24.2. The minimum atomic E-state index is -2.53. The normalized spacial score (nSPS) is 39.2. The molecule has 0 amide bonds. The fourth-order valence-corrected chi connectivity index (χ4v) is 16.4. The van der Waals surface area contributed by atoms with Gasteiger partial charge in [0.25, 0.3) is 0 Å². The van der Waals surface area contributed by atoms with E-state index in [1.807, 2.05) is 6.08 Å². The predicted octanol–water partition coefficient (Wildman–Crippen LogP) is 14.7. The van der Waals surface area contributed by atoms with Crippen LogP contribution in [-0.4, -0.2) is 128 Å². The zero-order valence-corrected chi connectivity index (χ0v) is 55.0. The molecule has 9 heterocycles. The predicted molar refractivity (Wildman–Crippen MR) is 317 cm³/mol. The van der Waals surface area contributed by atoms with Crippen LogP contribution in [0.1, 0.15) is 186 Å². The van der Waals surface area contributed by atoms with Gasteiger partial charge in [0.1, 0.15) is 36.0 Å². The molecule has 0 saturated carbocycles. The first kappa shape index (κ1) is 63.4. The number of Topliss-reactive ketones (excluding diaryl/α,β-unsaturated/α-hetero) is 2. The number of rotatable bonds is 8. The van der Waals surface area contributed by atoms with Gasteiger partial charge in [0.05, 0.1) is 66.6 Å². The molecule has 6 saturated heterocycles. The Bertz CT molecular complexity index is 2100. The van der Waals surface area contributed by atoms with Crippen molar-refractivity contribution in [2.45, 2.75) is 332 Å². The Morgan fingerprint density at radius 2 is 1.21 bits per heavy atom. The average molecular weight is 1130 g/mol. The highest BCUT2D eigenvalue weighted by atomic mass is 28.4. The van der Waals surface area contributed by atoms with Crippen molar-refractivity contribution in [1.82, 2.24) is 0 Å². The van der Waals surface area contributed by atoms with Gasteiger partial charge in [-0.2, -0.15) is 0 Å². The molecular weight excluding hydrogens is 1020 g/mol. The highest BCUT2D eigenvalue weighted by Crippen LogP contribution is 2.49. The lowest BCUT2D eigenvalue weighted by Crippen LogP contribution is -2.69. The molecule has 0 spiro atoms. The Balaban J connectivity index is 1.26. The van der Waals surface area contributed by atoms with Crippen LogP contribution in [0.2, 0.25) is 54.4 Å². The maximum Gasteiger partial charge on any atom is 0.193 e. The first-order chi connectivity index (χ1) is 35.4. The summed E-state index contributed by atoms with van der Waals surface area (Å²) >= 11 is 0. The van der Waals surface area contributed by atoms with Crippen LogP contribution in [0.25, 0.3) is 0 Å². The van der Waals surface area contributed by atoms with E-state index in [0.29, 0.717) is 44.9 Å². The number of carbonyl (C=O) groups excluding carboxylic acids is 2. The van der Waals surface area contributed by atoms with Gasteiger partial charge in [0, 0.05) is 38.5 Å². The molecule has 17 atom stereocenters. The van der Waals surface area contributed by atoms with Crippen LogP contribution >= 0.6 is 0 Å². The zero-order chi connectivity index (χ0) is 57.0. The summed E-state index contributed by atoms with van der Waals surface area (Å²) in [6, 6.07) is 0. The third-order valence-corrected chi connectivity index (χ3v) is 34.2. The molecule has 9 rings (SSSR count). The summed E-state index contributed by atoms with van der Waals surface area (Å²) in [5.74, 6) is 0.817. The fourth-order valence-electron chi connectivity index (χ4n) is 12.6. The largest absolute Gasteiger partial charge is 0.408 e. The van der Waals surface area contributed by atoms with E-state index in [1.165, 1.54) is 0 Å². The van der Waals surface area contributed by atoms with Crippen molar-refractivity contribution in [3.8, 4) is 0 Å². The first-order valence-electron chi connectivity index (χ1n) is 30.5. The smallest absolute Gasteiger partial charge is 0.193 e. The van der Waals surface area contributed by atoms with Gasteiger partial charge >= 0.3 is 0 Å². The van der Waals surface area contributed by atoms with E-state index in [4.69, 9.17) is 41.7 Å². The molecule has 9 aliphatic heterocycles. The third-order valence-electron chi connectivity index (χ3n) is 20.8. The molecule has 8 bridgehead atoms. The molecule has 0 aromatic carbocycles. The maximum absolute atomic E-state index is 14.9. The summed E-state index contributed by atoms with van der Waals surface area (Å²) < 4.78 is 65.2. The quantitative estimate of drug-likeness (QED) is 0.171. The minimum Gasteiger partial charge on any atom is -0.408 e. The molecule has 0 aromatic rings. The van der Waals surface area contributed by atoms with E-state index in [0.717, 1.165) is 56.1 Å². The third kappa shape index (κ3) is 15.4. The van der Waals surface area contributed by atoms with Crippen LogP contribution < -0.4 is 0 Å². The highest BCUT2D eigenvalue weighted by molar-refractivity contribution is 6.75. The summed E-state index contributed by atoms with van der Waals surface area (Å²) in [5.41, 5.74) is 2.07. The molecule has 0 aromatic heterocycles. The summed E-state index contributed by atoms with van der Waals surface area (Å²) in [4.78, 5) is 28.8. The monoisotopic (exact) mass is 1130 g/mol. The summed E-state index contributed by atoms with van der Waals surface area (Å²) in [6.07, 6.45) is 11.0. The molecule has 0 N–H and O–H groups in total. The number of hydrogen-bond donors (Lipinski definition) is 0. The van der Waals surface area contributed by atoms with E-state index in [2.05, 4.69) is 149 Å². The van der Waals surface area contributed by atoms with Gasteiger partial charge < -0.3 is 41.7 Å². The van der Waals surface area contributed by atoms with E-state index in [9.17, 15) is 9.59 Å². The summed E-state index contributed by atoms with van der Waals surface area (Å²) in [5, 5.41) is -0.340. The van der Waals surface area contributed by atoms with Gasteiger partial charge in [-0.15, -0.1) is 0 Å². The Kier molecular flexibility index (Phi) is 19.9. The topological polar surface area (TPSA) is 117 Å². The summed E-state index contributed by atoms with van der Waals surface area (Å²) in [7, 11) is -7.50. The van der Waals surface area contributed by atoms with Crippen LogP contribution in [-0.2, 0) is 51.3 Å². The molecule has 11 nitrogen and oxygen atoms in total. The van der Waals surface area contributed by atoms with Crippen LogP contribution in [0.4, 0.5) is 0 Å². The van der Waals surface area contributed by atoms with Gasteiger partial charge in [-0.25, -0.2) is 0 Å². The summed E-state index contributed by atoms with van der Waals surface area (Å²) in [6.45, 7) is 52.3. The molecule has 14 heteroatoms. The van der Waals surface area contributed by atoms with Crippen molar-refractivity contribution >= 4 is 36.5 Å². The molecule has 9 aliphatic rings. The molecular formula is C63H110O11Si3. The SMILES string of the molecule is C=C1C[C@@H]2CCC(=O)C/C=C/[C@H](O[Si](C)(C)C(C)(C)C)[C@@H]3O[C@H]4CC[C@H](CC(=O)C[C@H]5[C@H](CC6O[C@@H](CCC1O2)C[C@@H](C)C6=C)OC(C[C@H]1CCC(C)(C)O1)[C@@H]5C)O[C@@H]4[C@H](O[Si](C)(C)C(C)(C)C)[C@@H]3O[Si](C)(C)C(C)(C)C. The second-order valence-corrected chi connectivity index (χ2v) is 44.8. The molecule has 0 radical (unpaired) electrons. The standard InChI is InChI=1S/C63H110O11Si3/c1-39-33-46-27-29-50-40(2)34-45(66-50)26-25-43(64)23-22-24-52(72-75(16,17)60(5,6)7)57-59(74-77(20,21)62(11,12)13)58(73-76(18,19)61(8,9)10)56-51(70-57)30-28-47(68-56)35-44(65)36-49-42(4)53(37-48-31-32-63(14,15)71-48)69-55(49)38-54(67-46)41(39)3/h22,24,39,42,45-59H,2-3,23,25-38H2,1,4-21H3/b24-22+/t39-,42-,45+,46+,47-,48-,49-,50?,51+,52+,53?,54?,55+,56+,57+,58+,59-/m1/s1. The van der Waals surface area contributed by atoms with Gasteiger partial charge in [-0.3, -0.25) is 9.59 Å². The lowest BCUT2D eigenvalue weighted by molar-refractivity contribution is -0.266. The minimum absolute atomic E-state index is 0.00805. The van der Waals surface area contributed by atoms with Crippen molar-refractivity contribution in [2.75, 3.05) is 0 Å². The number of ketones is 2. The van der Waals surface area contributed by atoms with Gasteiger partial charge in [0.2, 0.25) is 0 Å². The lowest BCUT2D eigenvalue weighted by atomic mass is 9.78. The number of allylic oxidation sites excluding steroid dienone is 1. The Hall–Kier alpha value is -1.15. The van der Waals surface area contributed by atoms with Gasteiger partial charge in [-0.1, -0.05) is 101 Å². The first-order valence-corrected chi connectivity index (χ1v) is 39.2. The van der Waals surface area contributed by atoms with E-state index in [1.54, 1.807) is 0 Å². The van der Waals surface area contributed by atoms with Crippen molar-refractivity contribution < 1.29 is 51.3 Å². The van der Waals surface area contributed by atoms with Crippen molar-refractivity contribution in [3.63, 3.8) is 0 Å². The maximum atomic E-state index is 14.9. The van der Waals surface area contributed by atoms with E-state index >= 15 is 0 Å². The highest BCUT2D eigenvalue weighted by Gasteiger charge is 2.58. The van der Waals surface area contributed by atoms with Crippen molar-refractivity contribution in [2.24, 2.45) is 17.8 Å².